The summed E-state index contributed by atoms with van der Waals surface area (Å²) in [7, 11) is 0. The van der Waals surface area contributed by atoms with E-state index in [1.165, 1.54) is 23.4 Å². The molecule has 0 bridgehead atoms. The van der Waals surface area contributed by atoms with E-state index in [0.29, 0.717) is 12.0 Å². The van der Waals surface area contributed by atoms with Gasteiger partial charge in [0.05, 0.1) is 0 Å². The number of anilines is 2. The molecule has 0 spiro atoms. The summed E-state index contributed by atoms with van der Waals surface area (Å²) in [6, 6.07) is 15.4. The second kappa shape index (κ2) is 3.75. The fraction of sp³-hybridized carbons (Fsp3) is 0.200. The van der Waals surface area contributed by atoms with Crippen LogP contribution in [0.1, 0.15) is 17.9 Å². The fourth-order valence-corrected chi connectivity index (χ4v) is 3.55. The van der Waals surface area contributed by atoms with Crippen LogP contribution < -0.4 is 4.90 Å². The Bertz CT molecular complexity index is 640. The first kappa shape index (κ1) is 10.9. The van der Waals surface area contributed by atoms with Crippen molar-refractivity contribution in [2.75, 3.05) is 4.90 Å². The van der Waals surface area contributed by atoms with Crippen molar-refractivity contribution in [2.24, 2.45) is 0 Å². The van der Waals surface area contributed by atoms with Crippen LogP contribution in [-0.4, -0.2) is 6.04 Å². The highest BCUT2D eigenvalue weighted by atomic mass is 79.9. The number of benzene rings is 2. The smallest absolute Gasteiger partial charge is 0.0450 e. The molecule has 0 radical (unpaired) electrons. The summed E-state index contributed by atoms with van der Waals surface area (Å²) >= 11 is 9.65. The average molecular weight is 321 g/mol. The van der Waals surface area contributed by atoms with E-state index in [9.17, 15) is 0 Å². The Morgan fingerprint density at radius 1 is 1.17 bits per heavy atom. The van der Waals surface area contributed by atoms with Gasteiger partial charge in [-0.15, -0.1) is 0 Å². The highest BCUT2D eigenvalue weighted by Crippen LogP contribution is 2.58. The first-order valence-corrected chi connectivity index (χ1v) is 7.25. The van der Waals surface area contributed by atoms with Gasteiger partial charge in [0, 0.05) is 32.8 Å². The highest BCUT2D eigenvalue weighted by molar-refractivity contribution is 9.10. The molecular formula is C15H11BrClN. The van der Waals surface area contributed by atoms with Crippen LogP contribution in [0.15, 0.2) is 46.9 Å². The van der Waals surface area contributed by atoms with Crippen molar-refractivity contribution in [3.05, 3.63) is 57.5 Å². The Morgan fingerprint density at radius 3 is 2.89 bits per heavy atom. The van der Waals surface area contributed by atoms with E-state index < -0.39 is 0 Å². The lowest BCUT2D eigenvalue weighted by Crippen LogP contribution is -2.16. The van der Waals surface area contributed by atoms with Crippen molar-refractivity contribution in [2.45, 2.75) is 18.4 Å². The highest BCUT2D eigenvalue weighted by Gasteiger charge is 2.51. The first-order valence-electron chi connectivity index (χ1n) is 6.08. The Balaban J connectivity index is 1.85. The monoisotopic (exact) mass is 319 g/mol. The molecule has 2 aromatic carbocycles. The van der Waals surface area contributed by atoms with Gasteiger partial charge in [0.15, 0.2) is 0 Å². The molecule has 0 amide bonds. The third-order valence-electron chi connectivity index (χ3n) is 3.82. The summed E-state index contributed by atoms with van der Waals surface area (Å²) in [6.45, 7) is 0. The van der Waals surface area contributed by atoms with Crippen LogP contribution >= 0.6 is 27.5 Å². The summed E-state index contributed by atoms with van der Waals surface area (Å²) in [5, 5.41) is 0.843. The lowest BCUT2D eigenvalue weighted by atomic mass is 10.1. The number of nitrogens with zero attached hydrogens (tertiary/aromatic N) is 1. The maximum absolute atomic E-state index is 6.10. The molecular weight excluding hydrogens is 310 g/mol. The number of rotatable bonds is 1. The minimum absolute atomic E-state index is 0.632. The van der Waals surface area contributed by atoms with E-state index >= 15 is 0 Å². The second-order valence-corrected chi connectivity index (χ2v) is 6.31. The van der Waals surface area contributed by atoms with E-state index in [1.54, 1.807) is 0 Å². The standard InChI is InChI=1S/C15H11BrClN/c16-9-2-1-3-11(6-9)18-14-5-4-10(17)7-12(14)13-8-15(13)18/h1-7,13,15H,8H2. The van der Waals surface area contributed by atoms with Crippen LogP contribution in [0.4, 0.5) is 11.4 Å². The molecule has 0 saturated heterocycles. The fourth-order valence-electron chi connectivity index (χ4n) is 2.98. The largest absolute Gasteiger partial charge is 0.337 e. The van der Waals surface area contributed by atoms with E-state index in [2.05, 4.69) is 57.2 Å². The van der Waals surface area contributed by atoms with Crippen LogP contribution in [-0.2, 0) is 0 Å². The zero-order valence-electron chi connectivity index (χ0n) is 9.61. The Kier molecular flexibility index (Phi) is 2.27. The minimum Gasteiger partial charge on any atom is -0.337 e. The maximum Gasteiger partial charge on any atom is 0.0450 e. The van der Waals surface area contributed by atoms with Crippen LogP contribution in [0.5, 0.6) is 0 Å². The number of halogens is 2. The maximum atomic E-state index is 6.10. The average Bonchev–Trinajstić information content (AvgIpc) is 3.06. The van der Waals surface area contributed by atoms with Gasteiger partial charge in [-0.05, 0) is 48.4 Å². The predicted molar refractivity (Wildman–Crippen MR) is 78.9 cm³/mol. The zero-order chi connectivity index (χ0) is 12.3. The SMILES string of the molecule is Clc1ccc2c(c1)C1CC1N2c1cccc(Br)c1. The van der Waals surface area contributed by atoms with Gasteiger partial charge in [-0.25, -0.2) is 0 Å². The molecule has 1 fully saturated rings. The van der Waals surface area contributed by atoms with E-state index in [4.69, 9.17) is 11.6 Å². The molecule has 1 saturated carbocycles. The number of fused-ring (bicyclic) bond motifs is 3. The molecule has 90 valence electrons. The van der Waals surface area contributed by atoms with Gasteiger partial charge in [-0.1, -0.05) is 33.6 Å². The molecule has 1 aliphatic carbocycles. The van der Waals surface area contributed by atoms with Gasteiger partial charge < -0.3 is 4.90 Å². The van der Waals surface area contributed by atoms with Gasteiger partial charge >= 0.3 is 0 Å². The summed E-state index contributed by atoms with van der Waals surface area (Å²) in [6.07, 6.45) is 1.25. The Morgan fingerprint density at radius 2 is 2.06 bits per heavy atom. The third kappa shape index (κ3) is 1.52. The summed E-state index contributed by atoms with van der Waals surface area (Å²) < 4.78 is 1.12. The molecule has 2 atom stereocenters. The van der Waals surface area contributed by atoms with Crippen molar-refractivity contribution in [1.82, 2.24) is 0 Å². The molecule has 2 unspecified atom stereocenters. The van der Waals surface area contributed by atoms with Crippen LogP contribution in [0.3, 0.4) is 0 Å². The predicted octanol–water partition coefficient (Wildman–Crippen LogP) is 5.11. The van der Waals surface area contributed by atoms with Crippen LogP contribution in [0.2, 0.25) is 5.02 Å². The number of hydrogen-bond donors (Lipinski definition) is 0. The molecule has 2 aromatic rings. The summed E-state index contributed by atoms with van der Waals surface area (Å²) in [5.41, 5.74) is 3.99. The lowest BCUT2D eigenvalue weighted by molar-refractivity contribution is 0.989. The van der Waals surface area contributed by atoms with Crippen LogP contribution in [0, 0.1) is 0 Å². The molecule has 1 aliphatic heterocycles. The topological polar surface area (TPSA) is 3.24 Å². The quantitative estimate of drug-likeness (QED) is 0.705. The zero-order valence-corrected chi connectivity index (χ0v) is 11.9. The molecule has 1 nitrogen and oxygen atoms in total. The van der Waals surface area contributed by atoms with Crippen molar-refractivity contribution in [1.29, 1.82) is 0 Å². The van der Waals surface area contributed by atoms with Gasteiger partial charge in [0.1, 0.15) is 0 Å². The molecule has 1 heterocycles. The summed E-state index contributed by atoms with van der Waals surface area (Å²) in [5.74, 6) is 0.678. The van der Waals surface area contributed by atoms with E-state index in [-0.39, 0.29) is 0 Å². The molecule has 4 rings (SSSR count). The van der Waals surface area contributed by atoms with Crippen molar-refractivity contribution < 1.29 is 0 Å². The second-order valence-electron chi connectivity index (χ2n) is 4.96. The molecule has 0 N–H and O–H groups in total. The molecule has 0 aromatic heterocycles. The van der Waals surface area contributed by atoms with Gasteiger partial charge in [0.2, 0.25) is 0 Å². The molecule has 2 aliphatic rings. The normalized spacial score (nSPS) is 23.8. The van der Waals surface area contributed by atoms with Gasteiger partial charge in [-0.3, -0.25) is 0 Å². The third-order valence-corrected chi connectivity index (χ3v) is 4.55. The summed E-state index contributed by atoms with van der Waals surface area (Å²) in [4.78, 5) is 2.45. The van der Waals surface area contributed by atoms with E-state index in [0.717, 1.165) is 9.50 Å². The Hall–Kier alpha value is -0.990. The van der Waals surface area contributed by atoms with E-state index in [1.807, 2.05) is 6.07 Å². The first-order chi connectivity index (χ1) is 8.74. The van der Waals surface area contributed by atoms with Gasteiger partial charge in [0.25, 0.3) is 0 Å². The minimum atomic E-state index is 0.632. The molecule has 18 heavy (non-hydrogen) atoms. The van der Waals surface area contributed by atoms with Crippen molar-refractivity contribution in [3.8, 4) is 0 Å². The lowest BCUT2D eigenvalue weighted by Gasteiger charge is -2.23. The van der Waals surface area contributed by atoms with Crippen molar-refractivity contribution in [3.63, 3.8) is 0 Å². The van der Waals surface area contributed by atoms with Crippen molar-refractivity contribution >= 4 is 38.9 Å². The van der Waals surface area contributed by atoms with Gasteiger partial charge in [-0.2, -0.15) is 0 Å². The number of hydrogen-bond acceptors (Lipinski definition) is 1. The van der Waals surface area contributed by atoms with Crippen LogP contribution in [0.25, 0.3) is 0 Å². The molecule has 3 heteroatoms. The Labute approximate surface area is 120 Å².